The maximum Gasteiger partial charge on any atom is 0.345 e. The van der Waals surface area contributed by atoms with E-state index in [1.807, 2.05) is 4.57 Å². The number of fused-ring (bicyclic) bond motifs is 1. The molecule has 0 amide bonds. The fraction of sp³-hybridized carbons (Fsp3) is 0.857. The van der Waals surface area contributed by atoms with Crippen LogP contribution in [0.4, 0.5) is 0 Å². The summed E-state index contributed by atoms with van der Waals surface area (Å²) < 4.78 is 9.09. The Kier molecular flexibility index (Phi) is 4.21. The highest BCUT2D eigenvalue weighted by Gasteiger charge is 2.22. The van der Waals surface area contributed by atoms with Crippen LogP contribution < -0.4 is 11.0 Å². The Morgan fingerprint density at radius 1 is 1.45 bits per heavy atom. The van der Waals surface area contributed by atoms with Gasteiger partial charge in [-0.15, -0.1) is 0 Å². The van der Waals surface area contributed by atoms with Crippen LogP contribution in [0.15, 0.2) is 4.79 Å². The van der Waals surface area contributed by atoms with Crippen molar-refractivity contribution in [3.8, 4) is 0 Å². The van der Waals surface area contributed by atoms with Gasteiger partial charge in [0.25, 0.3) is 0 Å². The van der Waals surface area contributed by atoms with Crippen molar-refractivity contribution < 1.29 is 4.74 Å². The number of hydrogen-bond donors (Lipinski definition) is 1. The Labute approximate surface area is 119 Å². The second-order valence-corrected chi connectivity index (χ2v) is 5.82. The summed E-state index contributed by atoms with van der Waals surface area (Å²) in [5, 5.41) is 7.89. The third kappa shape index (κ3) is 2.81. The van der Waals surface area contributed by atoms with Crippen molar-refractivity contribution in [3.05, 3.63) is 16.3 Å². The van der Waals surface area contributed by atoms with E-state index in [1.165, 1.54) is 0 Å². The summed E-state index contributed by atoms with van der Waals surface area (Å²) in [6.07, 6.45) is 5.78. The minimum atomic E-state index is 0.0475. The maximum atomic E-state index is 12.2. The van der Waals surface area contributed by atoms with Crippen LogP contribution in [0, 0.1) is 0 Å². The molecule has 2 unspecified atom stereocenters. The zero-order chi connectivity index (χ0) is 13.9. The standard InChI is InChI=1S/C14H24N4O2/c1-11(12-5-4-10-20-12)15-7-9-18-14(19)17-8-3-2-6-13(17)16-18/h11-12,15H,2-10H2,1H3. The monoisotopic (exact) mass is 280 g/mol. The van der Waals surface area contributed by atoms with Gasteiger partial charge in [0.2, 0.25) is 0 Å². The van der Waals surface area contributed by atoms with E-state index >= 15 is 0 Å². The largest absolute Gasteiger partial charge is 0.377 e. The van der Waals surface area contributed by atoms with Gasteiger partial charge in [0.05, 0.1) is 12.6 Å². The van der Waals surface area contributed by atoms with Gasteiger partial charge in [0.1, 0.15) is 5.82 Å². The van der Waals surface area contributed by atoms with Gasteiger partial charge in [-0.05, 0) is 32.6 Å². The number of nitrogens with one attached hydrogen (secondary N) is 1. The Morgan fingerprint density at radius 3 is 3.10 bits per heavy atom. The van der Waals surface area contributed by atoms with E-state index in [4.69, 9.17) is 4.74 Å². The van der Waals surface area contributed by atoms with Crippen molar-refractivity contribution in [1.82, 2.24) is 19.7 Å². The summed E-state index contributed by atoms with van der Waals surface area (Å²) in [6.45, 7) is 5.25. The highest BCUT2D eigenvalue weighted by molar-refractivity contribution is 4.91. The van der Waals surface area contributed by atoms with Crippen molar-refractivity contribution in [1.29, 1.82) is 0 Å². The van der Waals surface area contributed by atoms with Crippen LogP contribution in [0.25, 0.3) is 0 Å². The van der Waals surface area contributed by atoms with E-state index in [0.717, 1.165) is 57.6 Å². The van der Waals surface area contributed by atoms with Gasteiger partial charge in [-0.2, -0.15) is 5.10 Å². The lowest BCUT2D eigenvalue weighted by molar-refractivity contribution is 0.0834. The highest BCUT2D eigenvalue weighted by atomic mass is 16.5. The Morgan fingerprint density at radius 2 is 2.35 bits per heavy atom. The number of ether oxygens (including phenoxy) is 1. The summed E-state index contributed by atoms with van der Waals surface area (Å²) in [6, 6.07) is 0.338. The summed E-state index contributed by atoms with van der Waals surface area (Å²) in [5.41, 5.74) is 0.0475. The molecule has 1 saturated heterocycles. The van der Waals surface area contributed by atoms with Crippen LogP contribution in [-0.2, 0) is 24.2 Å². The first-order chi connectivity index (χ1) is 9.75. The second kappa shape index (κ2) is 6.10. The molecule has 2 aliphatic heterocycles. The Hall–Kier alpha value is -1.14. The molecule has 3 heterocycles. The number of nitrogens with zero attached hydrogens (tertiary/aromatic N) is 3. The summed E-state index contributed by atoms with van der Waals surface area (Å²) in [4.78, 5) is 12.2. The van der Waals surface area contributed by atoms with Crippen LogP contribution in [0.1, 0.15) is 38.4 Å². The molecule has 112 valence electrons. The molecule has 6 heteroatoms. The van der Waals surface area contributed by atoms with E-state index < -0.39 is 0 Å². The third-order valence-corrected chi connectivity index (χ3v) is 4.34. The summed E-state index contributed by atoms with van der Waals surface area (Å²) in [7, 11) is 0. The average Bonchev–Trinajstić information content (AvgIpc) is 3.09. The normalized spacial score (nSPS) is 23.8. The maximum absolute atomic E-state index is 12.2. The average molecular weight is 280 g/mol. The summed E-state index contributed by atoms with van der Waals surface area (Å²) in [5.74, 6) is 0.952. The van der Waals surface area contributed by atoms with Crippen molar-refractivity contribution in [2.45, 2.75) is 64.3 Å². The molecule has 6 nitrogen and oxygen atoms in total. The van der Waals surface area contributed by atoms with E-state index in [2.05, 4.69) is 17.3 Å². The predicted molar refractivity (Wildman–Crippen MR) is 75.9 cm³/mol. The minimum absolute atomic E-state index is 0.0475. The van der Waals surface area contributed by atoms with Gasteiger partial charge in [-0.25, -0.2) is 9.48 Å². The molecule has 2 atom stereocenters. The van der Waals surface area contributed by atoms with Crippen molar-refractivity contribution >= 4 is 0 Å². The number of aromatic nitrogens is 3. The van der Waals surface area contributed by atoms with E-state index in [0.29, 0.717) is 18.7 Å². The zero-order valence-corrected chi connectivity index (χ0v) is 12.2. The molecule has 3 rings (SSSR count). The number of aryl methyl sites for hydroxylation is 1. The molecule has 1 fully saturated rings. The lowest BCUT2D eigenvalue weighted by Crippen LogP contribution is -2.39. The van der Waals surface area contributed by atoms with E-state index in [9.17, 15) is 4.79 Å². The zero-order valence-electron chi connectivity index (χ0n) is 12.2. The Bertz CT molecular complexity index is 502. The molecule has 0 aromatic carbocycles. The Balaban J connectivity index is 1.53. The smallest absolute Gasteiger partial charge is 0.345 e. The van der Waals surface area contributed by atoms with Gasteiger partial charge < -0.3 is 10.1 Å². The SMILES string of the molecule is CC(NCCn1nc2n(c1=O)CCCC2)C1CCCO1. The first-order valence-corrected chi connectivity index (χ1v) is 7.77. The lowest BCUT2D eigenvalue weighted by Gasteiger charge is -2.19. The number of rotatable bonds is 5. The van der Waals surface area contributed by atoms with Gasteiger partial charge >= 0.3 is 5.69 Å². The summed E-state index contributed by atoms with van der Waals surface area (Å²) >= 11 is 0. The van der Waals surface area contributed by atoms with Crippen LogP contribution >= 0.6 is 0 Å². The van der Waals surface area contributed by atoms with E-state index in [1.54, 1.807) is 4.68 Å². The van der Waals surface area contributed by atoms with Gasteiger partial charge in [0, 0.05) is 32.2 Å². The molecule has 1 N–H and O–H groups in total. The molecule has 2 aliphatic rings. The van der Waals surface area contributed by atoms with E-state index in [-0.39, 0.29) is 5.69 Å². The highest BCUT2D eigenvalue weighted by Crippen LogP contribution is 2.15. The van der Waals surface area contributed by atoms with Crippen molar-refractivity contribution in [3.63, 3.8) is 0 Å². The fourth-order valence-electron chi connectivity index (χ4n) is 3.12. The number of hydrogen-bond acceptors (Lipinski definition) is 4. The van der Waals surface area contributed by atoms with Gasteiger partial charge in [-0.1, -0.05) is 0 Å². The third-order valence-electron chi connectivity index (χ3n) is 4.34. The topological polar surface area (TPSA) is 61.1 Å². The first-order valence-electron chi connectivity index (χ1n) is 7.77. The first kappa shape index (κ1) is 13.8. The molecule has 0 bridgehead atoms. The molecular formula is C14H24N4O2. The van der Waals surface area contributed by atoms with Crippen LogP contribution in [0.5, 0.6) is 0 Å². The molecule has 0 aliphatic carbocycles. The van der Waals surface area contributed by atoms with Gasteiger partial charge in [0.15, 0.2) is 0 Å². The van der Waals surface area contributed by atoms with Gasteiger partial charge in [-0.3, -0.25) is 4.57 Å². The van der Waals surface area contributed by atoms with Crippen LogP contribution in [-0.4, -0.2) is 39.6 Å². The van der Waals surface area contributed by atoms with Crippen LogP contribution in [0.3, 0.4) is 0 Å². The molecule has 1 aromatic rings. The lowest BCUT2D eigenvalue weighted by atomic mass is 10.1. The fourth-order valence-corrected chi connectivity index (χ4v) is 3.12. The minimum Gasteiger partial charge on any atom is -0.377 e. The molecular weight excluding hydrogens is 256 g/mol. The molecule has 0 saturated carbocycles. The van der Waals surface area contributed by atoms with Crippen molar-refractivity contribution in [2.75, 3.05) is 13.2 Å². The predicted octanol–water partition coefficient (Wildman–Crippen LogP) is 0.538. The molecule has 0 radical (unpaired) electrons. The quantitative estimate of drug-likeness (QED) is 0.855. The van der Waals surface area contributed by atoms with Crippen LogP contribution in [0.2, 0.25) is 0 Å². The molecule has 1 aromatic heterocycles. The second-order valence-electron chi connectivity index (χ2n) is 5.82. The van der Waals surface area contributed by atoms with Crippen molar-refractivity contribution in [2.24, 2.45) is 0 Å². The molecule has 20 heavy (non-hydrogen) atoms. The molecule has 0 spiro atoms.